The Hall–Kier alpha value is -1.31. The monoisotopic (exact) mass is 536 g/mol. The molecule has 0 spiro atoms. The molecule has 18 heteroatoms. The summed E-state index contributed by atoms with van der Waals surface area (Å²) in [7, 11) is -10.9. The SMILES string of the molecule is CO[Si](CCC[n+]1cccc(C)c1)(OC)OC.O=S(=O)([N-]S(=O)(=O)C(F)(F)F)C(F)(F)F. The first kappa shape index (κ1) is 30.7. The van der Waals surface area contributed by atoms with E-state index in [0.29, 0.717) is 0 Å². The Morgan fingerprint density at radius 3 is 1.72 bits per heavy atom. The van der Waals surface area contributed by atoms with Gasteiger partial charge in [0.05, 0.1) is 0 Å². The van der Waals surface area contributed by atoms with Gasteiger partial charge in [0, 0.05) is 45.4 Å². The lowest BCUT2D eigenvalue weighted by Crippen LogP contribution is -2.44. The van der Waals surface area contributed by atoms with Crippen LogP contribution in [0.15, 0.2) is 24.5 Å². The zero-order valence-electron chi connectivity index (χ0n) is 17.3. The second-order valence-corrected chi connectivity index (χ2v) is 12.4. The Bertz CT molecular complexity index is 885. The summed E-state index contributed by atoms with van der Waals surface area (Å²) >= 11 is 0. The van der Waals surface area contributed by atoms with Gasteiger partial charge in [-0.25, -0.2) is 21.4 Å². The number of aromatic nitrogens is 1. The van der Waals surface area contributed by atoms with Crippen molar-refractivity contribution < 1.29 is 61.0 Å². The van der Waals surface area contributed by atoms with Crippen LogP contribution in [0.25, 0.3) is 4.13 Å². The molecule has 0 saturated heterocycles. The molecule has 1 heterocycles. The van der Waals surface area contributed by atoms with Crippen molar-refractivity contribution in [3.05, 3.63) is 34.2 Å². The number of pyridine rings is 1. The molecule has 188 valence electrons. The third kappa shape index (κ3) is 9.28. The normalized spacial score (nSPS) is 13.4. The fourth-order valence-electron chi connectivity index (χ4n) is 2.04. The van der Waals surface area contributed by atoms with Crippen molar-refractivity contribution in [2.75, 3.05) is 21.3 Å². The lowest BCUT2D eigenvalue weighted by atomic mass is 10.3. The molecule has 0 radical (unpaired) electrons. The number of rotatable bonds is 9. The number of nitrogens with zero attached hydrogens (tertiary/aromatic N) is 2. The molecule has 0 aromatic carbocycles. The average Bonchev–Trinajstić information content (AvgIpc) is 2.64. The van der Waals surface area contributed by atoms with Gasteiger partial charge in [0.25, 0.3) is 0 Å². The van der Waals surface area contributed by atoms with Gasteiger partial charge >= 0.3 is 19.8 Å². The predicted octanol–water partition coefficient (Wildman–Crippen LogP) is 2.61. The summed E-state index contributed by atoms with van der Waals surface area (Å²) in [5.41, 5.74) is -11.1. The van der Waals surface area contributed by atoms with Gasteiger partial charge < -0.3 is 17.4 Å². The summed E-state index contributed by atoms with van der Waals surface area (Å²) in [6.07, 6.45) is 5.19. The molecule has 0 fully saturated rings. The van der Waals surface area contributed by atoms with E-state index in [9.17, 15) is 43.2 Å². The molecule has 32 heavy (non-hydrogen) atoms. The highest BCUT2D eigenvalue weighted by Crippen LogP contribution is 2.36. The van der Waals surface area contributed by atoms with Gasteiger partial charge in [0.2, 0.25) is 0 Å². The highest BCUT2D eigenvalue weighted by molar-refractivity contribution is 8.13. The van der Waals surface area contributed by atoms with Gasteiger partial charge in [-0.3, -0.25) is 0 Å². The molecular formula is C14H22F6N2O7S2Si. The third-order valence-corrected chi connectivity index (χ3v) is 9.19. The van der Waals surface area contributed by atoms with Gasteiger partial charge in [0.15, 0.2) is 32.4 Å². The van der Waals surface area contributed by atoms with Crippen LogP contribution in [0.5, 0.6) is 0 Å². The molecule has 0 saturated carbocycles. The van der Waals surface area contributed by atoms with Crippen LogP contribution in [0.4, 0.5) is 26.3 Å². The van der Waals surface area contributed by atoms with Crippen LogP contribution in [0.3, 0.4) is 0 Å². The minimum absolute atomic E-state index is 0.778. The second-order valence-electron chi connectivity index (χ2n) is 5.93. The number of sulfonamides is 2. The van der Waals surface area contributed by atoms with Crippen molar-refractivity contribution >= 4 is 28.9 Å². The second kappa shape index (κ2) is 11.7. The van der Waals surface area contributed by atoms with Crippen molar-refractivity contribution in [2.24, 2.45) is 0 Å². The summed E-state index contributed by atoms with van der Waals surface area (Å²) in [5, 5.41) is 0. The Morgan fingerprint density at radius 2 is 1.38 bits per heavy atom. The first-order valence-corrected chi connectivity index (χ1v) is 13.2. The van der Waals surface area contributed by atoms with Crippen molar-refractivity contribution in [1.82, 2.24) is 0 Å². The average molecular weight is 537 g/mol. The maximum absolute atomic E-state index is 11.4. The smallest absolute Gasteiger partial charge is 0.421 e. The number of aryl methyl sites for hydroxylation is 2. The maximum atomic E-state index is 11.4. The van der Waals surface area contributed by atoms with E-state index in [1.165, 1.54) is 5.56 Å². The van der Waals surface area contributed by atoms with Crippen molar-refractivity contribution in [1.29, 1.82) is 0 Å². The molecular weight excluding hydrogens is 514 g/mol. The minimum atomic E-state index is -6.72. The Labute approximate surface area is 182 Å². The Kier molecular flexibility index (Phi) is 11.2. The summed E-state index contributed by atoms with van der Waals surface area (Å²) in [5.74, 6) is 0. The van der Waals surface area contributed by atoms with Gasteiger partial charge in [-0.15, -0.1) is 0 Å². The number of halogens is 6. The fraction of sp³-hybridized carbons (Fsp3) is 0.643. The Balaban J connectivity index is 0.000000607. The molecule has 0 atom stereocenters. The van der Waals surface area contributed by atoms with E-state index in [1.807, 2.05) is 0 Å². The van der Waals surface area contributed by atoms with Crippen molar-refractivity contribution in [2.45, 2.75) is 37.0 Å². The van der Waals surface area contributed by atoms with Crippen molar-refractivity contribution in [3.8, 4) is 0 Å². The lowest BCUT2D eigenvalue weighted by Gasteiger charge is -2.23. The van der Waals surface area contributed by atoms with Gasteiger partial charge in [0.1, 0.15) is 6.54 Å². The zero-order chi connectivity index (χ0) is 25.4. The topological polar surface area (TPSA) is 114 Å². The van der Waals surface area contributed by atoms with Crippen LogP contribution in [0, 0.1) is 6.92 Å². The molecule has 9 nitrogen and oxygen atoms in total. The number of hydrogen-bond donors (Lipinski definition) is 0. The van der Waals surface area contributed by atoms with E-state index in [-0.39, 0.29) is 0 Å². The molecule has 1 aromatic rings. The van der Waals surface area contributed by atoms with E-state index in [1.54, 1.807) is 21.3 Å². The van der Waals surface area contributed by atoms with Crippen LogP contribution < -0.4 is 4.57 Å². The van der Waals surface area contributed by atoms with Crippen LogP contribution in [-0.4, -0.2) is 58.0 Å². The number of hydrogen-bond acceptors (Lipinski definition) is 7. The number of alkyl halides is 6. The van der Waals surface area contributed by atoms with E-state index < -0.39 is 39.9 Å². The Morgan fingerprint density at radius 1 is 0.938 bits per heavy atom. The van der Waals surface area contributed by atoms with E-state index in [0.717, 1.165) is 23.1 Å². The molecule has 0 aliphatic rings. The molecule has 0 bridgehead atoms. The van der Waals surface area contributed by atoms with Crippen molar-refractivity contribution in [3.63, 3.8) is 0 Å². The van der Waals surface area contributed by atoms with Gasteiger partial charge in [-0.05, 0) is 13.0 Å². The minimum Gasteiger partial charge on any atom is -0.421 e. The van der Waals surface area contributed by atoms with Crippen LogP contribution in [0.1, 0.15) is 12.0 Å². The molecule has 0 aliphatic carbocycles. The molecule has 0 N–H and O–H groups in total. The highest BCUT2D eigenvalue weighted by atomic mass is 32.3. The van der Waals surface area contributed by atoms with Gasteiger partial charge in [-0.1, -0.05) is 0 Å². The predicted molar refractivity (Wildman–Crippen MR) is 101 cm³/mol. The standard InChI is InChI=1S/C12H22NO3Si.C2F6NO4S2/c1-12-7-5-8-13(11-12)9-6-10-17(14-2,15-3)16-4;3-1(4,5)14(10,11)9-15(12,13)2(6,7)8/h5,7-8,11H,6,9-10H2,1-4H3;/q+1;-1. The molecule has 1 rings (SSSR count). The third-order valence-electron chi connectivity index (χ3n) is 3.62. The molecule has 0 unspecified atom stereocenters. The molecule has 0 amide bonds. The van der Waals surface area contributed by atoms with E-state index in [2.05, 4.69) is 36.0 Å². The maximum Gasteiger partial charge on any atom is 0.500 e. The van der Waals surface area contributed by atoms with Gasteiger partial charge in [-0.2, -0.15) is 26.3 Å². The summed E-state index contributed by atoms with van der Waals surface area (Å²) in [6, 6.07) is 4.98. The van der Waals surface area contributed by atoms with Crippen LogP contribution >= 0.6 is 0 Å². The summed E-state index contributed by atoms with van der Waals surface area (Å²) in [6.45, 7) is 3.04. The summed E-state index contributed by atoms with van der Waals surface area (Å²) in [4.78, 5) is 0. The fourth-order valence-corrected chi connectivity index (χ4v) is 5.45. The first-order valence-electron chi connectivity index (χ1n) is 8.34. The van der Waals surface area contributed by atoms with E-state index in [4.69, 9.17) is 13.3 Å². The summed E-state index contributed by atoms with van der Waals surface area (Å²) < 4.78 is 128. The van der Waals surface area contributed by atoms with Crippen LogP contribution in [-0.2, 0) is 39.9 Å². The lowest BCUT2D eigenvalue weighted by molar-refractivity contribution is -0.697. The van der Waals surface area contributed by atoms with Crippen LogP contribution in [0.2, 0.25) is 6.04 Å². The molecule has 0 aliphatic heterocycles. The quantitative estimate of drug-likeness (QED) is 0.271. The largest absolute Gasteiger partial charge is 0.500 e. The molecule has 1 aromatic heterocycles. The zero-order valence-corrected chi connectivity index (χ0v) is 19.9. The first-order chi connectivity index (χ1) is 14.4. The van der Waals surface area contributed by atoms with E-state index >= 15 is 0 Å². The highest BCUT2D eigenvalue weighted by Gasteiger charge is 2.47.